The average molecular weight is 267 g/mol. The van der Waals surface area contributed by atoms with Gasteiger partial charge in [-0.05, 0) is 19.3 Å². The van der Waals surface area contributed by atoms with Crippen LogP contribution in [0.15, 0.2) is 4.52 Å². The molecule has 2 N–H and O–H groups in total. The molecule has 1 heterocycles. The smallest absolute Gasteiger partial charge is 0.231 e. The highest BCUT2D eigenvalue weighted by atomic mass is 16.5. The Labute approximate surface area is 114 Å². The zero-order chi connectivity index (χ0) is 13.9. The number of aromatic nitrogens is 2. The molecule has 2 atom stereocenters. The van der Waals surface area contributed by atoms with E-state index in [1.165, 1.54) is 6.42 Å². The van der Waals surface area contributed by atoms with Crippen molar-refractivity contribution in [1.29, 1.82) is 0 Å². The van der Waals surface area contributed by atoms with Crippen LogP contribution in [0.25, 0.3) is 0 Å². The van der Waals surface area contributed by atoms with Gasteiger partial charge in [0.2, 0.25) is 11.7 Å². The van der Waals surface area contributed by atoms with Crippen LogP contribution in [0, 0.1) is 0 Å². The van der Waals surface area contributed by atoms with Crippen molar-refractivity contribution < 1.29 is 9.26 Å². The van der Waals surface area contributed by atoms with E-state index in [0.29, 0.717) is 11.7 Å². The van der Waals surface area contributed by atoms with Crippen molar-refractivity contribution in [2.24, 2.45) is 5.73 Å². The molecule has 1 aliphatic carbocycles. The molecule has 108 valence electrons. The molecule has 5 heteroatoms. The average Bonchev–Trinajstić information content (AvgIpc) is 2.96. The Morgan fingerprint density at radius 1 is 1.37 bits per heavy atom. The Kier molecular flexibility index (Phi) is 4.58. The normalized spacial score (nSPS) is 22.1. The Morgan fingerprint density at radius 3 is 2.63 bits per heavy atom. The van der Waals surface area contributed by atoms with Gasteiger partial charge in [0.05, 0.1) is 5.92 Å². The Bertz CT molecular complexity index is 399. The third-order valence-electron chi connectivity index (χ3n) is 4.40. The summed E-state index contributed by atoms with van der Waals surface area (Å²) in [4.78, 5) is 4.56. The minimum Gasteiger partial charge on any atom is -0.370 e. The minimum absolute atomic E-state index is 0.0538. The molecule has 2 rings (SSSR count). The van der Waals surface area contributed by atoms with Crippen molar-refractivity contribution in [3.8, 4) is 0 Å². The fourth-order valence-corrected chi connectivity index (χ4v) is 2.78. The molecule has 1 saturated carbocycles. The van der Waals surface area contributed by atoms with E-state index in [1.807, 2.05) is 6.92 Å². The van der Waals surface area contributed by atoms with Gasteiger partial charge in [-0.1, -0.05) is 38.3 Å². The van der Waals surface area contributed by atoms with Gasteiger partial charge in [-0.3, -0.25) is 0 Å². The van der Waals surface area contributed by atoms with Crippen LogP contribution in [0.2, 0.25) is 0 Å². The van der Waals surface area contributed by atoms with Gasteiger partial charge in [-0.25, -0.2) is 0 Å². The largest absolute Gasteiger partial charge is 0.370 e. The lowest BCUT2D eigenvalue weighted by Crippen LogP contribution is -2.32. The van der Waals surface area contributed by atoms with E-state index in [9.17, 15) is 0 Å². The first-order valence-electron chi connectivity index (χ1n) is 7.28. The summed E-state index contributed by atoms with van der Waals surface area (Å²) in [7, 11) is 1.74. The molecule has 2 unspecified atom stereocenters. The number of methoxy groups -OCH3 is 1. The first-order valence-corrected chi connectivity index (χ1v) is 7.28. The third kappa shape index (κ3) is 2.82. The van der Waals surface area contributed by atoms with Gasteiger partial charge in [0.25, 0.3) is 0 Å². The van der Waals surface area contributed by atoms with Gasteiger partial charge in [0.15, 0.2) is 0 Å². The summed E-state index contributed by atoms with van der Waals surface area (Å²) in [5.41, 5.74) is 5.69. The number of ether oxygens (including phenoxy) is 1. The second-order valence-electron chi connectivity index (χ2n) is 5.58. The monoisotopic (exact) mass is 267 g/mol. The molecule has 0 bridgehead atoms. The number of hydrogen-bond donors (Lipinski definition) is 1. The third-order valence-corrected chi connectivity index (χ3v) is 4.40. The molecule has 1 aromatic rings. The Morgan fingerprint density at radius 2 is 2.05 bits per heavy atom. The summed E-state index contributed by atoms with van der Waals surface area (Å²) >= 11 is 0. The van der Waals surface area contributed by atoms with Gasteiger partial charge in [-0.15, -0.1) is 0 Å². The topological polar surface area (TPSA) is 74.2 Å². The maximum absolute atomic E-state index is 6.04. The van der Waals surface area contributed by atoms with Gasteiger partial charge in [0, 0.05) is 13.2 Å². The fourth-order valence-electron chi connectivity index (χ4n) is 2.78. The van der Waals surface area contributed by atoms with Gasteiger partial charge in [-0.2, -0.15) is 4.98 Å². The lowest BCUT2D eigenvalue weighted by Gasteiger charge is -2.32. The summed E-state index contributed by atoms with van der Waals surface area (Å²) < 4.78 is 11.1. The van der Waals surface area contributed by atoms with Crippen LogP contribution in [0.4, 0.5) is 0 Å². The van der Waals surface area contributed by atoms with Crippen molar-refractivity contribution in [1.82, 2.24) is 10.1 Å². The molecular formula is C14H25N3O2. The van der Waals surface area contributed by atoms with Crippen LogP contribution in [-0.2, 0) is 10.3 Å². The number of nitrogens with zero attached hydrogens (tertiary/aromatic N) is 2. The minimum atomic E-state index is -0.351. The van der Waals surface area contributed by atoms with E-state index in [1.54, 1.807) is 7.11 Å². The Hall–Kier alpha value is -0.940. The van der Waals surface area contributed by atoms with Crippen molar-refractivity contribution >= 4 is 0 Å². The molecule has 1 fully saturated rings. The standard InChI is InChI=1S/C14H25N3O2/c1-4-11(15)10(2)12-16-13(17-19-12)14(18-3)8-6-5-7-9-14/h10-11H,4-9,15H2,1-3H3. The van der Waals surface area contributed by atoms with E-state index in [4.69, 9.17) is 15.0 Å². The van der Waals surface area contributed by atoms with Gasteiger partial charge < -0.3 is 15.0 Å². The molecule has 0 saturated heterocycles. The zero-order valence-corrected chi connectivity index (χ0v) is 12.2. The molecule has 1 aliphatic rings. The fraction of sp³-hybridized carbons (Fsp3) is 0.857. The highest BCUT2D eigenvalue weighted by Gasteiger charge is 2.39. The highest BCUT2D eigenvalue weighted by Crippen LogP contribution is 2.38. The summed E-state index contributed by atoms with van der Waals surface area (Å²) in [6.45, 7) is 4.10. The second kappa shape index (κ2) is 6.01. The quantitative estimate of drug-likeness (QED) is 0.887. The number of hydrogen-bond acceptors (Lipinski definition) is 5. The Balaban J connectivity index is 2.19. The maximum Gasteiger partial charge on any atom is 0.231 e. The molecule has 1 aromatic heterocycles. The molecule has 0 spiro atoms. The van der Waals surface area contributed by atoms with Crippen LogP contribution >= 0.6 is 0 Å². The summed E-state index contributed by atoms with van der Waals surface area (Å²) in [5.74, 6) is 1.41. The van der Waals surface area contributed by atoms with E-state index in [2.05, 4.69) is 17.1 Å². The molecular weight excluding hydrogens is 242 g/mol. The van der Waals surface area contributed by atoms with Crippen molar-refractivity contribution in [3.63, 3.8) is 0 Å². The zero-order valence-electron chi connectivity index (χ0n) is 12.2. The number of rotatable bonds is 5. The van der Waals surface area contributed by atoms with E-state index in [-0.39, 0.29) is 17.6 Å². The predicted octanol–water partition coefficient (Wildman–Crippen LogP) is 2.72. The molecule has 0 radical (unpaired) electrons. The van der Waals surface area contributed by atoms with E-state index in [0.717, 1.165) is 32.1 Å². The van der Waals surface area contributed by atoms with E-state index < -0.39 is 0 Å². The van der Waals surface area contributed by atoms with Crippen molar-refractivity contribution in [3.05, 3.63) is 11.7 Å². The van der Waals surface area contributed by atoms with Crippen molar-refractivity contribution in [2.75, 3.05) is 7.11 Å². The first-order chi connectivity index (χ1) is 9.13. The van der Waals surface area contributed by atoms with Crippen LogP contribution in [0.3, 0.4) is 0 Å². The molecule has 5 nitrogen and oxygen atoms in total. The lowest BCUT2D eigenvalue weighted by atomic mass is 9.84. The summed E-state index contributed by atoms with van der Waals surface area (Å²) in [6.07, 6.45) is 6.40. The van der Waals surface area contributed by atoms with Crippen LogP contribution < -0.4 is 5.73 Å². The summed E-state index contributed by atoms with van der Waals surface area (Å²) in [5, 5.41) is 4.15. The van der Waals surface area contributed by atoms with Crippen molar-refractivity contribution in [2.45, 2.75) is 69.9 Å². The van der Waals surface area contributed by atoms with Crippen LogP contribution in [-0.4, -0.2) is 23.3 Å². The number of nitrogens with two attached hydrogens (primary N) is 1. The lowest BCUT2D eigenvalue weighted by molar-refractivity contribution is -0.0527. The highest BCUT2D eigenvalue weighted by molar-refractivity contribution is 5.06. The molecule has 19 heavy (non-hydrogen) atoms. The molecule has 0 amide bonds. The van der Waals surface area contributed by atoms with Gasteiger partial charge >= 0.3 is 0 Å². The predicted molar refractivity (Wildman–Crippen MR) is 72.8 cm³/mol. The van der Waals surface area contributed by atoms with Crippen LogP contribution in [0.1, 0.15) is 70.0 Å². The summed E-state index contributed by atoms with van der Waals surface area (Å²) in [6, 6.07) is 0.0538. The van der Waals surface area contributed by atoms with E-state index >= 15 is 0 Å². The molecule has 0 aromatic carbocycles. The SMILES string of the molecule is CCC(N)C(C)c1nc(C2(OC)CCCCC2)no1. The second-order valence-corrected chi connectivity index (χ2v) is 5.58. The van der Waals surface area contributed by atoms with Crippen LogP contribution in [0.5, 0.6) is 0 Å². The van der Waals surface area contributed by atoms with Gasteiger partial charge in [0.1, 0.15) is 5.60 Å². The first kappa shape index (κ1) is 14.5. The molecule has 0 aliphatic heterocycles. The maximum atomic E-state index is 6.04.